The van der Waals surface area contributed by atoms with Gasteiger partial charge in [-0.15, -0.1) is 0 Å². The number of halogens is 1. The van der Waals surface area contributed by atoms with E-state index in [4.69, 9.17) is 9.47 Å². The molecule has 0 amide bonds. The summed E-state index contributed by atoms with van der Waals surface area (Å²) in [5.41, 5.74) is -0.551. The van der Waals surface area contributed by atoms with Crippen molar-refractivity contribution in [1.82, 2.24) is 0 Å². The highest BCUT2D eigenvalue weighted by molar-refractivity contribution is 5.59. The van der Waals surface area contributed by atoms with E-state index in [9.17, 15) is 14.5 Å². The van der Waals surface area contributed by atoms with E-state index in [1.54, 1.807) is 0 Å². The van der Waals surface area contributed by atoms with Gasteiger partial charge >= 0.3 is 5.69 Å². The first-order valence-electron chi connectivity index (χ1n) is 6.35. The molecule has 1 atom stereocenters. The zero-order chi connectivity index (χ0) is 14.8. The Morgan fingerprint density at radius 1 is 1.60 bits per heavy atom. The lowest BCUT2D eigenvalue weighted by Crippen LogP contribution is -2.32. The van der Waals surface area contributed by atoms with Crippen molar-refractivity contribution in [2.75, 3.05) is 25.6 Å². The summed E-state index contributed by atoms with van der Waals surface area (Å²) >= 11 is 0. The molecule has 1 aromatic rings. The van der Waals surface area contributed by atoms with Crippen LogP contribution in [0.2, 0.25) is 0 Å². The number of nitro benzene ring substituents is 1. The number of ether oxygens (including phenoxy) is 2. The molecule has 1 aliphatic heterocycles. The molecule has 110 valence electrons. The third-order valence-electron chi connectivity index (χ3n) is 3.42. The molecule has 1 saturated heterocycles. The number of methoxy groups -OCH3 is 1. The minimum atomic E-state index is -0.681. The van der Waals surface area contributed by atoms with Crippen LogP contribution in [0.25, 0.3) is 0 Å². The fourth-order valence-electron chi connectivity index (χ4n) is 2.24. The Bertz CT molecular complexity index is 515. The lowest BCUT2D eigenvalue weighted by atomic mass is 10.0. The van der Waals surface area contributed by atoms with Crippen LogP contribution in [0, 0.1) is 15.9 Å². The summed E-state index contributed by atoms with van der Waals surface area (Å²) in [7, 11) is 1.31. The Balaban J connectivity index is 2.17. The summed E-state index contributed by atoms with van der Waals surface area (Å²) in [6, 6.07) is 2.16. The highest BCUT2D eigenvalue weighted by atomic mass is 19.1. The van der Waals surface area contributed by atoms with E-state index in [1.807, 2.05) is 6.92 Å². The third-order valence-corrected chi connectivity index (χ3v) is 3.42. The number of hydrogen-bond acceptors (Lipinski definition) is 5. The van der Waals surface area contributed by atoms with E-state index in [2.05, 4.69) is 5.32 Å². The molecule has 6 nitrogen and oxygen atoms in total. The Kier molecular flexibility index (Phi) is 4.08. The van der Waals surface area contributed by atoms with Crippen LogP contribution in [0.1, 0.15) is 19.8 Å². The fourth-order valence-corrected chi connectivity index (χ4v) is 2.24. The van der Waals surface area contributed by atoms with Gasteiger partial charge in [-0.05, 0) is 19.8 Å². The van der Waals surface area contributed by atoms with E-state index in [-0.39, 0.29) is 22.7 Å². The second kappa shape index (κ2) is 5.62. The largest absolute Gasteiger partial charge is 0.490 e. The number of benzene rings is 1. The lowest BCUT2D eigenvalue weighted by molar-refractivity contribution is -0.385. The van der Waals surface area contributed by atoms with Crippen molar-refractivity contribution in [1.29, 1.82) is 0 Å². The van der Waals surface area contributed by atoms with Crippen molar-refractivity contribution in [3.63, 3.8) is 0 Å². The maximum absolute atomic E-state index is 13.9. The highest BCUT2D eigenvalue weighted by Gasteiger charge is 2.30. The van der Waals surface area contributed by atoms with Gasteiger partial charge in [-0.1, -0.05) is 0 Å². The normalized spacial score (nSPS) is 21.8. The molecule has 1 unspecified atom stereocenters. The molecule has 1 fully saturated rings. The minimum absolute atomic E-state index is 0.0244. The van der Waals surface area contributed by atoms with E-state index in [0.717, 1.165) is 18.9 Å². The van der Waals surface area contributed by atoms with Crippen molar-refractivity contribution >= 4 is 11.4 Å². The first-order valence-corrected chi connectivity index (χ1v) is 6.35. The molecule has 1 aromatic carbocycles. The van der Waals surface area contributed by atoms with Crippen molar-refractivity contribution in [2.24, 2.45) is 0 Å². The number of nitrogens with one attached hydrogen (secondary N) is 1. The Morgan fingerprint density at radius 2 is 2.35 bits per heavy atom. The Labute approximate surface area is 116 Å². The van der Waals surface area contributed by atoms with Crippen LogP contribution < -0.4 is 10.1 Å². The van der Waals surface area contributed by atoms with Crippen molar-refractivity contribution in [2.45, 2.75) is 25.4 Å². The molecule has 0 aliphatic carbocycles. The van der Waals surface area contributed by atoms with E-state index < -0.39 is 10.7 Å². The lowest BCUT2D eigenvalue weighted by Gasteiger charge is -2.24. The molecule has 0 saturated carbocycles. The number of nitrogens with zero attached hydrogens (tertiary/aromatic N) is 1. The van der Waals surface area contributed by atoms with E-state index in [1.165, 1.54) is 13.2 Å². The van der Waals surface area contributed by atoms with Gasteiger partial charge in [0.2, 0.25) is 0 Å². The molecular formula is C13H17FN2O4. The first kappa shape index (κ1) is 14.5. The predicted molar refractivity (Wildman–Crippen MR) is 71.7 cm³/mol. The Hall–Kier alpha value is -1.89. The topological polar surface area (TPSA) is 73.6 Å². The number of hydrogen-bond donors (Lipinski definition) is 1. The number of rotatable bonds is 5. The second-order valence-electron chi connectivity index (χ2n) is 5.02. The number of nitro groups is 1. The highest BCUT2D eigenvalue weighted by Crippen LogP contribution is 2.33. The molecular weight excluding hydrogens is 267 g/mol. The molecule has 7 heteroatoms. The summed E-state index contributed by atoms with van der Waals surface area (Å²) < 4.78 is 24.4. The van der Waals surface area contributed by atoms with E-state index in [0.29, 0.717) is 13.2 Å². The van der Waals surface area contributed by atoms with Crippen LogP contribution >= 0.6 is 0 Å². The van der Waals surface area contributed by atoms with Crippen LogP contribution in [-0.2, 0) is 4.74 Å². The van der Waals surface area contributed by atoms with Gasteiger partial charge in [0.15, 0.2) is 11.6 Å². The van der Waals surface area contributed by atoms with Crippen LogP contribution in [0.4, 0.5) is 15.8 Å². The van der Waals surface area contributed by atoms with Gasteiger partial charge in [0.05, 0.1) is 29.4 Å². The molecule has 1 heterocycles. The minimum Gasteiger partial charge on any atom is -0.490 e. The van der Waals surface area contributed by atoms with E-state index >= 15 is 0 Å². The van der Waals surface area contributed by atoms with Gasteiger partial charge in [0.1, 0.15) is 0 Å². The molecule has 0 radical (unpaired) electrons. The monoisotopic (exact) mass is 284 g/mol. The van der Waals surface area contributed by atoms with Crippen LogP contribution in [0.15, 0.2) is 12.1 Å². The van der Waals surface area contributed by atoms with Gasteiger partial charge in [-0.25, -0.2) is 4.39 Å². The SMILES string of the molecule is COc1cc(NCC2(C)CCCO2)c(F)cc1[N+](=O)[O-]. The van der Waals surface area contributed by atoms with Gasteiger partial charge in [-0.3, -0.25) is 10.1 Å². The maximum Gasteiger partial charge on any atom is 0.313 e. The summed E-state index contributed by atoms with van der Waals surface area (Å²) in [4.78, 5) is 10.1. The van der Waals surface area contributed by atoms with Crippen molar-refractivity contribution < 1.29 is 18.8 Å². The molecule has 0 bridgehead atoms. The van der Waals surface area contributed by atoms with Crippen LogP contribution in [-0.4, -0.2) is 30.8 Å². The first-order chi connectivity index (χ1) is 9.45. The second-order valence-corrected chi connectivity index (χ2v) is 5.02. The number of anilines is 1. The summed E-state index contributed by atoms with van der Waals surface area (Å²) in [6.45, 7) is 3.09. The quantitative estimate of drug-likeness (QED) is 0.664. The zero-order valence-corrected chi connectivity index (χ0v) is 11.4. The van der Waals surface area contributed by atoms with Crippen LogP contribution in [0.3, 0.4) is 0 Å². The summed E-state index contributed by atoms with van der Waals surface area (Å²) in [5, 5.41) is 13.7. The van der Waals surface area contributed by atoms with Gasteiger partial charge in [0.25, 0.3) is 0 Å². The smallest absolute Gasteiger partial charge is 0.313 e. The maximum atomic E-state index is 13.9. The predicted octanol–water partition coefficient (Wildman–Crippen LogP) is 2.72. The van der Waals surface area contributed by atoms with Crippen molar-refractivity contribution in [3.8, 4) is 5.75 Å². The average molecular weight is 284 g/mol. The molecule has 2 rings (SSSR count). The average Bonchev–Trinajstić information content (AvgIpc) is 2.84. The molecule has 1 aliphatic rings. The fraction of sp³-hybridized carbons (Fsp3) is 0.538. The Morgan fingerprint density at radius 3 is 2.90 bits per heavy atom. The molecule has 1 N–H and O–H groups in total. The van der Waals surface area contributed by atoms with Gasteiger partial charge in [-0.2, -0.15) is 0 Å². The molecule has 0 aromatic heterocycles. The standard InChI is InChI=1S/C13H17FN2O4/c1-13(4-3-5-20-13)8-15-10-7-12(19-2)11(16(17)18)6-9(10)14/h6-7,15H,3-5,8H2,1-2H3. The third kappa shape index (κ3) is 2.98. The molecule has 20 heavy (non-hydrogen) atoms. The summed E-state index contributed by atoms with van der Waals surface area (Å²) in [5.74, 6) is -0.657. The summed E-state index contributed by atoms with van der Waals surface area (Å²) in [6.07, 6.45) is 1.87. The van der Waals surface area contributed by atoms with Gasteiger partial charge in [0, 0.05) is 19.2 Å². The van der Waals surface area contributed by atoms with Crippen LogP contribution in [0.5, 0.6) is 5.75 Å². The zero-order valence-electron chi connectivity index (χ0n) is 11.4. The van der Waals surface area contributed by atoms with Gasteiger partial charge < -0.3 is 14.8 Å². The van der Waals surface area contributed by atoms with Crippen molar-refractivity contribution in [3.05, 3.63) is 28.1 Å². The molecule has 0 spiro atoms.